The third kappa shape index (κ3) is 5.02. The van der Waals surface area contributed by atoms with E-state index in [2.05, 4.69) is 0 Å². The summed E-state index contributed by atoms with van der Waals surface area (Å²) in [7, 11) is 0. The zero-order valence-corrected chi connectivity index (χ0v) is 21.0. The van der Waals surface area contributed by atoms with Crippen molar-refractivity contribution in [3.63, 3.8) is 0 Å². The van der Waals surface area contributed by atoms with Gasteiger partial charge in [0.2, 0.25) is 5.91 Å². The number of nitrogens with zero attached hydrogens (tertiary/aromatic N) is 3. The summed E-state index contributed by atoms with van der Waals surface area (Å²) in [5.41, 5.74) is 3.72. The Bertz CT molecular complexity index is 1220. The summed E-state index contributed by atoms with van der Waals surface area (Å²) in [5.74, 6) is -0.318. The van der Waals surface area contributed by atoms with Crippen LogP contribution in [-0.4, -0.2) is 39.9 Å². The van der Waals surface area contributed by atoms with Gasteiger partial charge in [0.05, 0.1) is 23.7 Å². The van der Waals surface area contributed by atoms with Crippen LogP contribution < -0.4 is 0 Å². The molecule has 35 heavy (non-hydrogen) atoms. The number of halogens is 1. The summed E-state index contributed by atoms with van der Waals surface area (Å²) in [6.45, 7) is 3.61. The van der Waals surface area contributed by atoms with Gasteiger partial charge in [-0.2, -0.15) is 0 Å². The van der Waals surface area contributed by atoms with Gasteiger partial charge in [0.15, 0.2) is 5.17 Å². The van der Waals surface area contributed by atoms with Crippen molar-refractivity contribution < 1.29 is 14.3 Å². The monoisotopic (exact) mass is 507 g/mol. The van der Waals surface area contributed by atoms with Gasteiger partial charge in [0.1, 0.15) is 6.61 Å². The number of fused-ring (bicyclic) bond motifs is 1. The van der Waals surface area contributed by atoms with Crippen LogP contribution in [0.1, 0.15) is 43.4 Å². The molecule has 0 radical (unpaired) electrons. The van der Waals surface area contributed by atoms with Crippen LogP contribution in [0.15, 0.2) is 82.0 Å². The van der Waals surface area contributed by atoms with E-state index in [0.29, 0.717) is 16.3 Å². The number of aliphatic imine (C=N–C) groups is 1. The number of hydrogen-bond donors (Lipinski definition) is 0. The van der Waals surface area contributed by atoms with E-state index in [1.807, 2.05) is 76.7 Å². The maximum absolute atomic E-state index is 13.5. The van der Waals surface area contributed by atoms with Crippen LogP contribution in [0, 0.1) is 0 Å². The highest BCUT2D eigenvalue weighted by atomic mass is 35.5. The fraction of sp³-hybridized carbons (Fsp3) is 0.296. The standard InChI is InChI=1S/C27H26ClN3O3S/c1-18-24(26(33)34-16-19-7-3-2-4-8-19)25(20-9-11-21(28)12-10-20)31-22(17-35-27(31)29-18)15-23(32)30-13-5-6-14-30/h2-4,7-12,17,25H,5-6,13-16H2,1H3. The predicted octanol–water partition coefficient (Wildman–Crippen LogP) is 5.67. The van der Waals surface area contributed by atoms with Crippen molar-refractivity contribution in [1.29, 1.82) is 0 Å². The number of ether oxygens (including phenoxy) is 1. The highest BCUT2D eigenvalue weighted by Gasteiger charge is 2.41. The lowest BCUT2D eigenvalue weighted by Crippen LogP contribution is -2.38. The van der Waals surface area contributed by atoms with Crippen LogP contribution in [0.5, 0.6) is 0 Å². The first-order valence-electron chi connectivity index (χ1n) is 11.7. The molecule has 0 aliphatic carbocycles. The lowest BCUT2D eigenvalue weighted by atomic mass is 9.94. The molecule has 6 nitrogen and oxygen atoms in total. The van der Waals surface area contributed by atoms with Crippen molar-refractivity contribution in [2.45, 2.75) is 38.8 Å². The Kier molecular flexibility index (Phi) is 6.97. The lowest BCUT2D eigenvalue weighted by molar-refractivity contribution is -0.141. The number of thioether (sulfide) groups is 1. The number of amidine groups is 1. The van der Waals surface area contributed by atoms with Crippen LogP contribution in [0.25, 0.3) is 0 Å². The molecule has 0 saturated carbocycles. The lowest BCUT2D eigenvalue weighted by Gasteiger charge is -2.36. The van der Waals surface area contributed by atoms with Crippen molar-refractivity contribution in [3.05, 3.63) is 93.1 Å². The van der Waals surface area contributed by atoms with Gasteiger partial charge in [0.25, 0.3) is 0 Å². The SMILES string of the molecule is CC1=C(C(=O)OCc2ccccc2)C(c2ccc(Cl)cc2)N2C(CC(=O)N3CCCC3)=CSC2=N1. The van der Waals surface area contributed by atoms with Crippen LogP contribution in [-0.2, 0) is 20.9 Å². The molecule has 0 bridgehead atoms. The summed E-state index contributed by atoms with van der Waals surface area (Å²) in [5, 5.41) is 3.34. The van der Waals surface area contributed by atoms with Crippen molar-refractivity contribution in [1.82, 2.24) is 9.80 Å². The zero-order valence-electron chi connectivity index (χ0n) is 19.4. The second-order valence-corrected chi connectivity index (χ2v) is 10.0. The quantitative estimate of drug-likeness (QED) is 0.471. The van der Waals surface area contributed by atoms with E-state index in [1.165, 1.54) is 11.8 Å². The number of hydrogen-bond acceptors (Lipinski definition) is 6. The Morgan fingerprint density at radius 2 is 1.80 bits per heavy atom. The molecule has 5 rings (SSSR count). The molecule has 1 unspecified atom stereocenters. The zero-order chi connectivity index (χ0) is 24.4. The van der Waals surface area contributed by atoms with Crippen LogP contribution in [0.2, 0.25) is 5.02 Å². The van der Waals surface area contributed by atoms with Gasteiger partial charge in [-0.3, -0.25) is 4.79 Å². The normalized spacial score (nSPS) is 19.4. The largest absolute Gasteiger partial charge is 0.457 e. The molecule has 3 aliphatic heterocycles. The minimum Gasteiger partial charge on any atom is -0.457 e. The third-order valence-corrected chi connectivity index (χ3v) is 7.55. The fourth-order valence-corrected chi connectivity index (χ4v) is 5.72. The van der Waals surface area contributed by atoms with Crippen molar-refractivity contribution in [2.75, 3.05) is 13.1 Å². The Morgan fingerprint density at radius 3 is 2.51 bits per heavy atom. The van der Waals surface area contributed by atoms with Crippen molar-refractivity contribution in [2.24, 2.45) is 4.99 Å². The first-order chi connectivity index (χ1) is 17.0. The summed E-state index contributed by atoms with van der Waals surface area (Å²) in [4.78, 5) is 35.1. The summed E-state index contributed by atoms with van der Waals surface area (Å²) in [6, 6.07) is 16.6. The highest BCUT2D eigenvalue weighted by Crippen LogP contribution is 2.45. The molecule has 0 spiro atoms. The summed E-state index contributed by atoms with van der Waals surface area (Å²) >= 11 is 7.65. The summed E-state index contributed by atoms with van der Waals surface area (Å²) < 4.78 is 5.74. The van der Waals surface area contributed by atoms with Crippen LogP contribution in [0.4, 0.5) is 0 Å². The van der Waals surface area contributed by atoms with Gasteiger partial charge in [-0.1, -0.05) is 65.8 Å². The van der Waals surface area contributed by atoms with E-state index in [1.54, 1.807) is 0 Å². The molecule has 8 heteroatoms. The van der Waals surface area contributed by atoms with Gasteiger partial charge < -0.3 is 14.5 Å². The van der Waals surface area contributed by atoms with Gasteiger partial charge >= 0.3 is 5.97 Å². The maximum Gasteiger partial charge on any atom is 0.338 e. The van der Waals surface area contributed by atoms with Gasteiger partial charge in [-0.05, 0) is 48.4 Å². The molecular formula is C27H26ClN3O3S. The number of carbonyl (C=O) groups is 2. The van der Waals surface area contributed by atoms with Gasteiger partial charge in [-0.15, -0.1) is 0 Å². The van der Waals surface area contributed by atoms with Crippen molar-refractivity contribution >= 4 is 40.4 Å². The van der Waals surface area contributed by atoms with E-state index < -0.39 is 12.0 Å². The topological polar surface area (TPSA) is 62.2 Å². The van der Waals surface area contributed by atoms with E-state index in [4.69, 9.17) is 21.3 Å². The minimum atomic E-state index is -0.462. The molecular weight excluding hydrogens is 482 g/mol. The van der Waals surface area contributed by atoms with E-state index in [0.717, 1.165) is 47.9 Å². The number of esters is 1. The number of rotatable bonds is 6. The third-order valence-electron chi connectivity index (χ3n) is 6.41. The highest BCUT2D eigenvalue weighted by molar-refractivity contribution is 8.16. The Morgan fingerprint density at radius 1 is 1.09 bits per heavy atom. The van der Waals surface area contributed by atoms with E-state index in [9.17, 15) is 9.59 Å². The Labute approximate surface area is 214 Å². The van der Waals surface area contributed by atoms with Gasteiger partial charge in [-0.25, -0.2) is 9.79 Å². The Hall–Kier alpha value is -3.03. The predicted molar refractivity (Wildman–Crippen MR) is 139 cm³/mol. The molecule has 1 atom stereocenters. The summed E-state index contributed by atoms with van der Waals surface area (Å²) in [6.07, 6.45) is 2.35. The molecule has 1 amide bonds. The van der Waals surface area contributed by atoms with E-state index >= 15 is 0 Å². The first-order valence-corrected chi connectivity index (χ1v) is 13.0. The second kappa shape index (κ2) is 10.3. The smallest absolute Gasteiger partial charge is 0.338 e. The minimum absolute atomic E-state index is 0.102. The Balaban J connectivity index is 1.46. The molecule has 2 aromatic rings. The number of allylic oxidation sites excluding steroid dienone is 1. The number of likely N-dealkylation sites (tertiary alicyclic amines) is 1. The first kappa shape index (κ1) is 23.7. The van der Waals surface area contributed by atoms with Crippen LogP contribution in [0.3, 0.4) is 0 Å². The maximum atomic E-state index is 13.5. The number of carbonyl (C=O) groups excluding carboxylic acids is 2. The molecule has 0 N–H and O–H groups in total. The average molecular weight is 508 g/mol. The second-order valence-electron chi connectivity index (χ2n) is 8.77. The molecule has 3 aliphatic rings. The fourth-order valence-electron chi connectivity index (χ4n) is 4.63. The number of amides is 1. The molecule has 1 saturated heterocycles. The van der Waals surface area contributed by atoms with E-state index in [-0.39, 0.29) is 18.9 Å². The molecule has 1 fully saturated rings. The van der Waals surface area contributed by atoms with Crippen molar-refractivity contribution in [3.8, 4) is 0 Å². The molecule has 2 aromatic carbocycles. The number of benzene rings is 2. The molecule has 180 valence electrons. The molecule has 3 heterocycles. The van der Waals surface area contributed by atoms with Crippen LogP contribution >= 0.6 is 23.4 Å². The molecule has 0 aromatic heterocycles. The average Bonchev–Trinajstić information content (AvgIpc) is 3.54. The van der Waals surface area contributed by atoms with Gasteiger partial charge in [0, 0.05) is 23.8 Å².